The van der Waals surface area contributed by atoms with E-state index in [1.807, 2.05) is 0 Å². The predicted octanol–water partition coefficient (Wildman–Crippen LogP) is 6.63. The second-order valence-corrected chi connectivity index (χ2v) is 12.8. The number of thioether (sulfide) groups is 2. The van der Waals surface area contributed by atoms with Gasteiger partial charge in [-0.25, -0.2) is 0 Å². The molecule has 2 saturated carbocycles. The Hall–Kier alpha value is 0.700. The van der Waals surface area contributed by atoms with Crippen LogP contribution in [0.3, 0.4) is 0 Å². The summed E-state index contributed by atoms with van der Waals surface area (Å²) in [6.07, 6.45) is 12.2. The topological polar surface area (TPSA) is 0 Å². The van der Waals surface area contributed by atoms with E-state index in [0.717, 1.165) is 44.7 Å². The van der Waals surface area contributed by atoms with Gasteiger partial charge in [0.15, 0.2) is 0 Å². The summed E-state index contributed by atoms with van der Waals surface area (Å²) in [5, 5.41) is 3.98. The second-order valence-electron chi connectivity index (χ2n) is 9.68. The summed E-state index contributed by atoms with van der Waals surface area (Å²) in [5.74, 6) is 4.10. The predicted molar refractivity (Wildman–Crippen MR) is 106 cm³/mol. The van der Waals surface area contributed by atoms with E-state index in [-0.39, 0.29) is 0 Å². The van der Waals surface area contributed by atoms with Crippen molar-refractivity contribution in [3.05, 3.63) is 0 Å². The molecule has 0 spiro atoms. The standard InChI is InChI=1S/C21H36S2/c1-13-19(22-13)15-7-5-9-17(11-15)21(3,4)18-10-6-8-16(12-18)20-14(2)23-20/h13-20H,5-12H2,1-4H3. The van der Waals surface area contributed by atoms with Gasteiger partial charge in [0.2, 0.25) is 0 Å². The van der Waals surface area contributed by atoms with E-state index in [1.165, 1.54) is 38.5 Å². The van der Waals surface area contributed by atoms with Crippen molar-refractivity contribution in [1.82, 2.24) is 0 Å². The van der Waals surface area contributed by atoms with Gasteiger partial charge in [-0.3, -0.25) is 0 Å². The van der Waals surface area contributed by atoms with Gasteiger partial charge in [-0.15, -0.1) is 0 Å². The van der Waals surface area contributed by atoms with Crippen molar-refractivity contribution < 1.29 is 0 Å². The maximum Gasteiger partial charge on any atom is 0.0195 e. The van der Waals surface area contributed by atoms with Gasteiger partial charge in [0.05, 0.1) is 0 Å². The molecule has 2 aliphatic heterocycles. The minimum atomic E-state index is 0.586. The molecule has 4 fully saturated rings. The van der Waals surface area contributed by atoms with Crippen molar-refractivity contribution >= 4 is 23.5 Å². The maximum atomic E-state index is 2.65. The Balaban J connectivity index is 1.39. The van der Waals surface area contributed by atoms with E-state index < -0.39 is 0 Å². The highest BCUT2D eigenvalue weighted by Gasteiger charge is 2.49. The summed E-state index contributed by atoms with van der Waals surface area (Å²) in [6, 6.07) is 0. The highest BCUT2D eigenvalue weighted by atomic mass is 32.2. The lowest BCUT2D eigenvalue weighted by atomic mass is 9.58. The summed E-state index contributed by atoms with van der Waals surface area (Å²) in [5.41, 5.74) is 0.586. The molecule has 0 bridgehead atoms. The molecule has 2 heterocycles. The van der Waals surface area contributed by atoms with E-state index in [2.05, 4.69) is 51.2 Å². The van der Waals surface area contributed by atoms with E-state index in [1.54, 1.807) is 12.8 Å². The van der Waals surface area contributed by atoms with E-state index in [4.69, 9.17) is 0 Å². The van der Waals surface area contributed by atoms with Gasteiger partial charge < -0.3 is 0 Å². The fourth-order valence-corrected chi connectivity index (χ4v) is 8.32. The summed E-state index contributed by atoms with van der Waals surface area (Å²) < 4.78 is 0. The van der Waals surface area contributed by atoms with Gasteiger partial charge in [-0.1, -0.05) is 40.5 Å². The quantitative estimate of drug-likeness (QED) is 0.520. The van der Waals surface area contributed by atoms with Gasteiger partial charge in [-0.2, -0.15) is 23.5 Å². The molecule has 8 atom stereocenters. The molecule has 0 aromatic heterocycles. The molecule has 0 N–H and O–H groups in total. The van der Waals surface area contributed by atoms with Crippen LogP contribution < -0.4 is 0 Å². The van der Waals surface area contributed by atoms with Crippen LogP contribution in [-0.2, 0) is 0 Å². The zero-order chi connectivity index (χ0) is 16.2. The molecule has 0 nitrogen and oxygen atoms in total. The lowest BCUT2D eigenvalue weighted by Crippen LogP contribution is -2.39. The van der Waals surface area contributed by atoms with Crippen LogP contribution in [0.4, 0.5) is 0 Å². The van der Waals surface area contributed by atoms with E-state index >= 15 is 0 Å². The smallest absolute Gasteiger partial charge is 0.0195 e. The Morgan fingerprint density at radius 1 is 0.696 bits per heavy atom. The monoisotopic (exact) mass is 352 g/mol. The van der Waals surface area contributed by atoms with Crippen molar-refractivity contribution in [3.63, 3.8) is 0 Å². The molecular formula is C21H36S2. The molecule has 4 rings (SSSR count). The number of hydrogen-bond acceptors (Lipinski definition) is 2. The zero-order valence-electron chi connectivity index (χ0n) is 15.6. The largest absolute Gasteiger partial charge is 0.153 e. The number of hydrogen-bond donors (Lipinski definition) is 0. The molecule has 23 heavy (non-hydrogen) atoms. The third kappa shape index (κ3) is 3.50. The molecular weight excluding hydrogens is 316 g/mol. The molecule has 0 aromatic rings. The number of rotatable bonds is 4. The van der Waals surface area contributed by atoms with Gasteiger partial charge in [0, 0.05) is 21.0 Å². The molecule has 0 aromatic carbocycles. The zero-order valence-corrected chi connectivity index (χ0v) is 17.2. The van der Waals surface area contributed by atoms with Crippen LogP contribution in [0.15, 0.2) is 0 Å². The van der Waals surface area contributed by atoms with Crippen molar-refractivity contribution in [3.8, 4) is 0 Å². The SMILES string of the molecule is CC1SC1C1CCCC(C(C)(C)C2CCCC(C3SC3C)C2)C1. The van der Waals surface area contributed by atoms with Crippen molar-refractivity contribution in [2.24, 2.45) is 29.1 Å². The molecule has 132 valence electrons. The molecule has 8 unspecified atom stereocenters. The maximum absolute atomic E-state index is 2.65. The highest BCUT2D eigenvalue weighted by Crippen LogP contribution is 2.58. The fraction of sp³-hybridized carbons (Fsp3) is 1.00. The molecule has 4 aliphatic rings. The first-order chi connectivity index (χ1) is 11.0. The summed E-state index contributed by atoms with van der Waals surface area (Å²) >= 11 is 4.51. The Labute approximate surface area is 152 Å². The first-order valence-corrected chi connectivity index (χ1v) is 12.2. The first-order valence-electron chi connectivity index (χ1n) is 10.3. The van der Waals surface area contributed by atoms with Crippen LogP contribution in [-0.4, -0.2) is 21.0 Å². The van der Waals surface area contributed by atoms with Gasteiger partial charge in [0.1, 0.15) is 0 Å². The average molecular weight is 353 g/mol. The van der Waals surface area contributed by atoms with E-state index in [9.17, 15) is 0 Å². The lowest BCUT2D eigenvalue weighted by Gasteiger charge is -2.47. The molecule has 0 radical (unpaired) electrons. The van der Waals surface area contributed by atoms with Crippen LogP contribution in [0.2, 0.25) is 0 Å². The minimum absolute atomic E-state index is 0.586. The van der Waals surface area contributed by atoms with Gasteiger partial charge in [0.25, 0.3) is 0 Å². The van der Waals surface area contributed by atoms with Crippen LogP contribution in [0, 0.1) is 29.1 Å². The molecule has 2 aliphatic carbocycles. The van der Waals surface area contributed by atoms with Crippen molar-refractivity contribution in [2.45, 2.75) is 100 Å². The Morgan fingerprint density at radius 2 is 1.09 bits per heavy atom. The van der Waals surface area contributed by atoms with Crippen molar-refractivity contribution in [1.29, 1.82) is 0 Å². The fourth-order valence-electron chi connectivity index (χ4n) is 6.13. The second kappa shape index (κ2) is 6.45. The van der Waals surface area contributed by atoms with Crippen molar-refractivity contribution in [2.75, 3.05) is 0 Å². The Bertz CT molecular complexity index is 394. The Morgan fingerprint density at radius 3 is 1.43 bits per heavy atom. The summed E-state index contributed by atoms with van der Waals surface area (Å²) in [4.78, 5) is 0. The van der Waals surface area contributed by atoms with Crippen LogP contribution >= 0.6 is 23.5 Å². The normalized spacial score (nSPS) is 50.6. The Kier molecular flexibility index (Phi) is 4.81. The molecule has 0 amide bonds. The summed E-state index contributed by atoms with van der Waals surface area (Å²) in [6.45, 7) is 10.2. The summed E-state index contributed by atoms with van der Waals surface area (Å²) in [7, 11) is 0. The van der Waals surface area contributed by atoms with Gasteiger partial charge in [-0.05, 0) is 67.6 Å². The highest BCUT2D eigenvalue weighted by molar-refractivity contribution is 8.07. The van der Waals surface area contributed by atoms with Gasteiger partial charge >= 0.3 is 0 Å². The van der Waals surface area contributed by atoms with Crippen LogP contribution in [0.5, 0.6) is 0 Å². The minimum Gasteiger partial charge on any atom is -0.153 e. The third-order valence-corrected chi connectivity index (χ3v) is 11.0. The molecule has 2 saturated heterocycles. The van der Waals surface area contributed by atoms with Crippen LogP contribution in [0.25, 0.3) is 0 Å². The van der Waals surface area contributed by atoms with E-state index in [0.29, 0.717) is 5.41 Å². The lowest BCUT2D eigenvalue weighted by molar-refractivity contribution is 0.0314. The first kappa shape index (κ1) is 17.1. The third-order valence-electron chi connectivity index (χ3n) is 7.98. The average Bonchev–Trinajstić information content (AvgIpc) is 3.46. The molecule has 2 heteroatoms. The van der Waals surface area contributed by atoms with Crippen LogP contribution in [0.1, 0.15) is 79.1 Å².